The summed E-state index contributed by atoms with van der Waals surface area (Å²) in [5, 5.41) is 6.11. The van der Waals surface area contributed by atoms with E-state index in [1.54, 1.807) is 18.2 Å². The first-order valence-electron chi connectivity index (χ1n) is 8.51. The van der Waals surface area contributed by atoms with Crippen LogP contribution in [0.2, 0.25) is 0 Å². The van der Waals surface area contributed by atoms with E-state index in [2.05, 4.69) is 15.5 Å². The Labute approximate surface area is 153 Å². The van der Waals surface area contributed by atoms with E-state index in [0.717, 1.165) is 45.7 Å². The van der Waals surface area contributed by atoms with E-state index in [-0.39, 0.29) is 30.8 Å². The topological polar surface area (TPSA) is 73.9 Å². The lowest BCUT2D eigenvalue weighted by Gasteiger charge is -2.32. The van der Waals surface area contributed by atoms with E-state index in [1.807, 2.05) is 4.90 Å². The van der Waals surface area contributed by atoms with Crippen LogP contribution in [-0.2, 0) is 4.79 Å². The minimum absolute atomic E-state index is 0. The van der Waals surface area contributed by atoms with Crippen LogP contribution in [0, 0.1) is 0 Å². The van der Waals surface area contributed by atoms with Gasteiger partial charge < -0.3 is 20.3 Å². The van der Waals surface area contributed by atoms with Crippen molar-refractivity contribution in [2.45, 2.75) is 12.5 Å². The Balaban J connectivity index is 0.00000182. The number of piperazine rings is 1. The lowest BCUT2D eigenvalue weighted by Crippen LogP contribution is -2.49. The van der Waals surface area contributed by atoms with Crippen LogP contribution >= 0.6 is 12.4 Å². The Kier molecular flexibility index (Phi) is 5.46. The molecule has 2 saturated heterocycles. The average molecular weight is 367 g/mol. The summed E-state index contributed by atoms with van der Waals surface area (Å²) in [5.74, 6) is 0.439. The minimum atomic E-state index is -0.167. The monoisotopic (exact) mass is 366 g/mol. The number of halogens is 1. The van der Waals surface area contributed by atoms with Gasteiger partial charge >= 0.3 is 0 Å². The fourth-order valence-corrected chi connectivity index (χ4v) is 3.66. The number of hydrogen-bond acceptors (Lipinski definition) is 5. The lowest BCUT2D eigenvalue weighted by molar-refractivity contribution is -0.118. The van der Waals surface area contributed by atoms with E-state index >= 15 is 0 Å². The molecule has 136 valence electrons. The van der Waals surface area contributed by atoms with Gasteiger partial charge in [-0.2, -0.15) is 0 Å². The Morgan fingerprint density at radius 3 is 2.80 bits per heavy atom. The van der Waals surface area contributed by atoms with Gasteiger partial charge in [0.2, 0.25) is 0 Å². The van der Waals surface area contributed by atoms with Crippen LogP contribution in [0.25, 0.3) is 0 Å². The first-order chi connectivity index (χ1) is 11.7. The molecule has 8 heteroatoms. The van der Waals surface area contributed by atoms with Gasteiger partial charge in [0.25, 0.3) is 11.8 Å². The van der Waals surface area contributed by atoms with E-state index < -0.39 is 0 Å². The molecule has 2 fully saturated rings. The van der Waals surface area contributed by atoms with Crippen molar-refractivity contribution in [2.24, 2.45) is 0 Å². The molecule has 4 rings (SSSR count). The average Bonchev–Trinajstić information content (AvgIpc) is 3.11. The number of benzene rings is 1. The molecule has 3 heterocycles. The number of likely N-dealkylation sites (tertiary alicyclic amines) is 1. The van der Waals surface area contributed by atoms with Crippen LogP contribution in [0.1, 0.15) is 16.8 Å². The molecule has 0 radical (unpaired) electrons. The van der Waals surface area contributed by atoms with Crippen molar-refractivity contribution in [3.05, 3.63) is 23.8 Å². The third-order valence-corrected chi connectivity index (χ3v) is 4.98. The second-order valence-corrected chi connectivity index (χ2v) is 6.53. The first-order valence-corrected chi connectivity index (χ1v) is 8.51. The second-order valence-electron chi connectivity index (χ2n) is 6.53. The highest BCUT2D eigenvalue weighted by Gasteiger charge is 2.31. The van der Waals surface area contributed by atoms with Crippen LogP contribution in [0.15, 0.2) is 18.2 Å². The van der Waals surface area contributed by atoms with Gasteiger partial charge in [0, 0.05) is 50.9 Å². The van der Waals surface area contributed by atoms with Crippen molar-refractivity contribution in [3.63, 3.8) is 0 Å². The van der Waals surface area contributed by atoms with Crippen molar-refractivity contribution < 1.29 is 14.3 Å². The molecule has 1 aromatic rings. The van der Waals surface area contributed by atoms with Crippen molar-refractivity contribution in [3.8, 4) is 5.75 Å². The van der Waals surface area contributed by atoms with Crippen LogP contribution in [0.5, 0.6) is 5.75 Å². The lowest BCUT2D eigenvalue weighted by atomic mass is 10.1. The molecular formula is C17H23ClN4O3. The number of nitrogens with one attached hydrogen (secondary N) is 2. The molecule has 1 unspecified atom stereocenters. The number of carbonyl (C=O) groups excluding carboxylic acids is 2. The number of rotatable bonds is 2. The minimum Gasteiger partial charge on any atom is -0.482 e. The van der Waals surface area contributed by atoms with E-state index in [0.29, 0.717) is 23.0 Å². The van der Waals surface area contributed by atoms with E-state index in [4.69, 9.17) is 4.74 Å². The molecule has 2 amide bonds. The smallest absolute Gasteiger partial charge is 0.262 e. The number of anilines is 1. The van der Waals surface area contributed by atoms with E-state index in [1.165, 1.54) is 0 Å². The number of fused-ring (bicyclic) bond motifs is 1. The molecule has 0 aliphatic carbocycles. The predicted octanol–water partition coefficient (Wildman–Crippen LogP) is 0.559. The maximum Gasteiger partial charge on any atom is 0.262 e. The molecule has 3 aliphatic heterocycles. The van der Waals surface area contributed by atoms with Gasteiger partial charge in [-0.25, -0.2) is 0 Å². The molecule has 1 aromatic carbocycles. The maximum absolute atomic E-state index is 12.8. The molecule has 25 heavy (non-hydrogen) atoms. The molecule has 0 saturated carbocycles. The van der Waals surface area contributed by atoms with Gasteiger partial charge in [0.15, 0.2) is 6.61 Å². The molecule has 0 spiro atoms. The summed E-state index contributed by atoms with van der Waals surface area (Å²) in [4.78, 5) is 28.5. The summed E-state index contributed by atoms with van der Waals surface area (Å²) >= 11 is 0. The third kappa shape index (κ3) is 3.73. The zero-order valence-electron chi connectivity index (χ0n) is 14.0. The van der Waals surface area contributed by atoms with Crippen LogP contribution in [-0.4, -0.2) is 73.5 Å². The molecule has 2 N–H and O–H groups in total. The maximum atomic E-state index is 12.8. The molecule has 0 bridgehead atoms. The highest BCUT2D eigenvalue weighted by molar-refractivity contribution is 5.99. The van der Waals surface area contributed by atoms with Gasteiger partial charge in [0.1, 0.15) is 5.75 Å². The summed E-state index contributed by atoms with van der Waals surface area (Å²) in [5.41, 5.74) is 1.24. The first kappa shape index (κ1) is 18.0. The zero-order chi connectivity index (χ0) is 16.5. The molecule has 7 nitrogen and oxygen atoms in total. The highest BCUT2D eigenvalue weighted by atomic mass is 35.5. The largest absolute Gasteiger partial charge is 0.482 e. The second kappa shape index (κ2) is 7.59. The van der Waals surface area contributed by atoms with Crippen LogP contribution < -0.4 is 15.4 Å². The van der Waals surface area contributed by atoms with Crippen molar-refractivity contribution in [2.75, 3.05) is 51.2 Å². The summed E-state index contributed by atoms with van der Waals surface area (Å²) in [6, 6.07) is 5.69. The highest BCUT2D eigenvalue weighted by Crippen LogP contribution is 2.29. The van der Waals surface area contributed by atoms with Crippen molar-refractivity contribution >= 4 is 29.9 Å². The number of amides is 2. The SMILES string of the molecule is Cl.O=C1COc2cc(C(=O)N3CCC(N4CCNCC4)C3)ccc2N1. The fraction of sp³-hybridized carbons (Fsp3) is 0.529. The van der Waals surface area contributed by atoms with Gasteiger partial charge in [-0.15, -0.1) is 12.4 Å². The van der Waals surface area contributed by atoms with Gasteiger partial charge in [0.05, 0.1) is 5.69 Å². The fourth-order valence-electron chi connectivity index (χ4n) is 3.66. The molecular weight excluding hydrogens is 344 g/mol. The zero-order valence-corrected chi connectivity index (χ0v) is 14.8. The van der Waals surface area contributed by atoms with Crippen LogP contribution in [0.3, 0.4) is 0 Å². The van der Waals surface area contributed by atoms with Crippen LogP contribution in [0.4, 0.5) is 5.69 Å². The summed E-state index contributed by atoms with van der Waals surface area (Å²) in [7, 11) is 0. The number of ether oxygens (including phenoxy) is 1. The summed E-state index contributed by atoms with van der Waals surface area (Å²) in [6.07, 6.45) is 1.03. The Bertz CT molecular complexity index is 663. The quantitative estimate of drug-likeness (QED) is 0.800. The number of carbonyl (C=O) groups is 2. The van der Waals surface area contributed by atoms with Gasteiger partial charge in [-0.3, -0.25) is 14.5 Å². The molecule has 3 aliphatic rings. The van der Waals surface area contributed by atoms with Gasteiger partial charge in [-0.05, 0) is 24.6 Å². The summed E-state index contributed by atoms with van der Waals surface area (Å²) < 4.78 is 5.41. The van der Waals surface area contributed by atoms with E-state index in [9.17, 15) is 9.59 Å². The van der Waals surface area contributed by atoms with Gasteiger partial charge in [-0.1, -0.05) is 0 Å². The molecule has 0 aromatic heterocycles. The Hall–Kier alpha value is -1.83. The predicted molar refractivity (Wildman–Crippen MR) is 96.6 cm³/mol. The van der Waals surface area contributed by atoms with Crippen molar-refractivity contribution in [1.82, 2.24) is 15.1 Å². The third-order valence-electron chi connectivity index (χ3n) is 4.98. The number of nitrogens with zero attached hydrogens (tertiary/aromatic N) is 2. The Morgan fingerprint density at radius 2 is 2.00 bits per heavy atom. The molecule has 1 atom stereocenters. The number of hydrogen-bond donors (Lipinski definition) is 2. The Morgan fingerprint density at radius 1 is 1.20 bits per heavy atom. The van der Waals surface area contributed by atoms with Crippen molar-refractivity contribution in [1.29, 1.82) is 0 Å². The summed E-state index contributed by atoms with van der Waals surface area (Å²) in [6.45, 7) is 5.74. The normalized spacial score (nSPS) is 23.3. The standard InChI is InChI=1S/C17H22N4O3.ClH/c22-16-11-24-15-9-12(1-2-14(15)19-16)17(23)21-6-3-13(10-21)20-7-4-18-5-8-20;/h1-2,9,13,18H,3-8,10-11H2,(H,19,22);1H.